The summed E-state index contributed by atoms with van der Waals surface area (Å²) in [6.45, 7) is 12.8. The van der Waals surface area contributed by atoms with E-state index in [1.165, 1.54) is 11.1 Å². The third kappa shape index (κ3) is 5.17. The Labute approximate surface area is 207 Å². The lowest BCUT2D eigenvalue weighted by atomic mass is 10.0. The molecule has 5 rings (SSSR count). The Hall–Kier alpha value is -3.00. The van der Waals surface area contributed by atoms with Crippen LogP contribution in [0.1, 0.15) is 27.9 Å². The summed E-state index contributed by atoms with van der Waals surface area (Å²) in [5.74, 6) is 0.735. The van der Waals surface area contributed by atoms with Crippen LogP contribution in [0.4, 0.5) is 11.6 Å². The van der Waals surface area contributed by atoms with E-state index in [1.54, 1.807) is 0 Å². The van der Waals surface area contributed by atoms with Crippen molar-refractivity contribution in [1.82, 2.24) is 19.4 Å². The number of ether oxygens (including phenoxy) is 1. The van der Waals surface area contributed by atoms with E-state index in [-0.39, 0.29) is 5.56 Å². The lowest BCUT2D eigenvalue weighted by molar-refractivity contribution is 0.0310. The molecule has 184 valence electrons. The smallest absolute Gasteiger partial charge is 0.259 e. The van der Waals surface area contributed by atoms with Crippen LogP contribution in [0.5, 0.6) is 0 Å². The van der Waals surface area contributed by atoms with Gasteiger partial charge in [0.1, 0.15) is 0 Å². The fourth-order valence-electron chi connectivity index (χ4n) is 5.07. The zero-order valence-electron chi connectivity index (χ0n) is 21.0. The Balaban J connectivity index is 1.51. The summed E-state index contributed by atoms with van der Waals surface area (Å²) in [7, 11) is 0. The molecule has 3 aromatic rings. The summed E-state index contributed by atoms with van der Waals surface area (Å²) in [6, 6.07) is 16.7. The van der Waals surface area contributed by atoms with Gasteiger partial charge in [-0.2, -0.15) is 0 Å². The van der Waals surface area contributed by atoms with E-state index in [1.807, 2.05) is 29.7 Å². The lowest BCUT2D eigenvalue weighted by Gasteiger charge is -2.40. The molecule has 1 aromatic heterocycles. The monoisotopic (exact) mass is 473 g/mol. The molecule has 1 saturated heterocycles. The normalized spacial score (nSPS) is 16.9. The Morgan fingerprint density at radius 3 is 2.40 bits per heavy atom. The number of morpholine rings is 1. The number of aryl methyl sites for hydroxylation is 3. The van der Waals surface area contributed by atoms with Crippen molar-refractivity contribution in [2.24, 2.45) is 0 Å². The van der Waals surface area contributed by atoms with Crippen molar-refractivity contribution >= 4 is 11.6 Å². The third-order valence-electron chi connectivity index (χ3n) is 7.08. The second kappa shape index (κ2) is 10.3. The molecule has 35 heavy (non-hydrogen) atoms. The Morgan fingerprint density at radius 1 is 0.914 bits per heavy atom. The molecule has 1 fully saturated rings. The van der Waals surface area contributed by atoms with Gasteiger partial charge in [-0.25, -0.2) is 4.98 Å². The highest BCUT2D eigenvalue weighted by atomic mass is 16.5. The van der Waals surface area contributed by atoms with Crippen molar-refractivity contribution in [1.29, 1.82) is 0 Å². The topological polar surface area (TPSA) is 53.8 Å². The van der Waals surface area contributed by atoms with E-state index in [0.29, 0.717) is 19.8 Å². The van der Waals surface area contributed by atoms with Gasteiger partial charge in [0.05, 0.1) is 32.2 Å². The highest BCUT2D eigenvalue weighted by Gasteiger charge is 2.29. The summed E-state index contributed by atoms with van der Waals surface area (Å²) in [5.41, 5.74) is 6.28. The van der Waals surface area contributed by atoms with E-state index in [4.69, 9.17) is 9.72 Å². The van der Waals surface area contributed by atoms with Gasteiger partial charge >= 0.3 is 0 Å². The first kappa shape index (κ1) is 23.7. The quantitative estimate of drug-likeness (QED) is 0.547. The van der Waals surface area contributed by atoms with Crippen LogP contribution < -0.4 is 10.5 Å². The van der Waals surface area contributed by atoms with E-state index >= 15 is 0 Å². The molecule has 0 amide bonds. The molecule has 0 unspecified atom stereocenters. The van der Waals surface area contributed by atoms with Gasteiger partial charge < -0.3 is 4.74 Å². The minimum absolute atomic E-state index is 0.0576. The molecule has 2 aromatic carbocycles. The molecule has 0 spiro atoms. The minimum Gasteiger partial charge on any atom is -0.379 e. The van der Waals surface area contributed by atoms with Gasteiger partial charge in [0, 0.05) is 43.9 Å². The maximum absolute atomic E-state index is 13.8. The first-order valence-corrected chi connectivity index (χ1v) is 12.5. The van der Waals surface area contributed by atoms with Gasteiger partial charge in [0.25, 0.3) is 5.56 Å². The van der Waals surface area contributed by atoms with Gasteiger partial charge in [-0.15, -0.1) is 0 Å². The summed E-state index contributed by atoms with van der Waals surface area (Å²) < 4.78 is 7.38. The van der Waals surface area contributed by atoms with Crippen LogP contribution in [0, 0.1) is 20.8 Å². The Bertz CT molecular complexity index is 1230. The predicted molar refractivity (Wildman–Crippen MR) is 139 cm³/mol. The van der Waals surface area contributed by atoms with E-state index in [9.17, 15) is 4.79 Å². The lowest BCUT2D eigenvalue weighted by Crippen LogP contribution is -2.50. The largest absolute Gasteiger partial charge is 0.379 e. The zero-order valence-corrected chi connectivity index (χ0v) is 21.0. The van der Waals surface area contributed by atoms with Crippen molar-refractivity contribution in [3.05, 3.63) is 86.8 Å². The molecule has 0 atom stereocenters. The molecular formula is C28H35N5O2. The van der Waals surface area contributed by atoms with Crippen molar-refractivity contribution in [3.63, 3.8) is 0 Å². The second-order valence-corrected chi connectivity index (χ2v) is 9.72. The summed E-state index contributed by atoms with van der Waals surface area (Å²) in [4.78, 5) is 25.9. The van der Waals surface area contributed by atoms with Crippen molar-refractivity contribution in [2.45, 2.75) is 33.9 Å². The molecule has 7 nitrogen and oxygen atoms in total. The van der Waals surface area contributed by atoms with Crippen LogP contribution >= 0.6 is 0 Å². The van der Waals surface area contributed by atoms with Gasteiger partial charge in [-0.1, -0.05) is 48.0 Å². The SMILES string of the molecule is Cc1ccc(N2CN(CCN3CCOCC3)Cn3c2nc(C)c(Cc2ccccc2)c3=O)c(C)c1. The molecule has 0 saturated carbocycles. The number of rotatable bonds is 6. The van der Waals surface area contributed by atoms with Gasteiger partial charge in [-0.3, -0.25) is 24.1 Å². The minimum atomic E-state index is 0.0576. The molecule has 0 bridgehead atoms. The first-order valence-electron chi connectivity index (χ1n) is 12.5. The standard InChI is InChI=1S/C28H35N5O2/c1-21-9-10-26(22(2)17-21)32-19-31(12-11-30-13-15-35-16-14-30)20-33-27(34)25(23(3)29-28(32)33)18-24-7-5-4-6-8-24/h4-10,17H,11-16,18-20H2,1-3H3. The molecular weight excluding hydrogens is 438 g/mol. The van der Waals surface area contributed by atoms with Gasteiger partial charge in [0.15, 0.2) is 0 Å². The number of benzene rings is 2. The number of fused-ring (bicyclic) bond motifs is 1. The maximum Gasteiger partial charge on any atom is 0.259 e. The van der Waals surface area contributed by atoms with Crippen molar-refractivity contribution in [3.8, 4) is 0 Å². The summed E-state index contributed by atoms with van der Waals surface area (Å²) in [6.07, 6.45) is 0.593. The van der Waals surface area contributed by atoms with Crippen molar-refractivity contribution in [2.75, 3.05) is 51.0 Å². The predicted octanol–water partition coefficient (Wildman–Crippen LogP) is 3.46. The third-order valence-corrected chi connectivity index (χ3v) is 7.08. The Kier molecular flexibility index (Phi) is 7.00. The van der Waals surface area contributed by atoms with Crippen LogP contribution in [-0.4, -0.2) is 65.4 Å². The molecule has 0 aliphatic carbocycles. The molecule has 7 heteroatoms. The fraction of sp³-hybridized carbons (Fsp3) is 0.429. The first-order chi connectivity index (χ1) is 17.0. The highest BCUT2D eigenvalue weighted by Crippen LogP contribution is 2.31. The average molecular weight is 474 g/mol. The Morgan fingerprint density at radius 2 is 1.66 bits per heavy atom. The average Bonchev–Trinajstić information content (AvgIpc) is 2.87. The molecule has 0 N–H and O–H groups in total. The van der Waals surface area contributed by atoms with Gasteiger partial charge in [0.2, 0.25) is 5.95 Å². The van der Waals surface area contributed by atoms with E-state index < -0.39 is 0 Å². The molecule has 2 aliphatic heterocycles. The molecule has 3 heterocycles. The van der Waals surface area contributed by atoms with E-state index in [2.05, 4.69) is 58.9 Å². The number of aromatic nitrogens is 2. The highest BCUT2D eigenvalue weighted by molar-refractivity contribution is 5.63. The van der Waals surface area contributed by atoms with Crippen LogP contribution in [-0.2, 0) is 17.8 Å². The van der Waals surface area contributed by atoms with Crippen LogP contribution in [0.25, 0.3) is 0 Å². The number of hydrogen-bond donors (Lipinski definition) is 0. The second-order valence-electron chi connectivity index (χ2n) is 9.72. The maximum atomic E-state index is 13.8. The fourth-order valence-corrected chi connectivity index (χ4v) is 5.07. The zero-order chi connectivity index (χ0) is 24.4. The number of nitrogens with zero attached hydrogens (tertiary/aromatic N) is 5. The molecule has 0 radical (unpaired) electrons. The molecule has 2 aliphatic rings. The van der Waals surface area contributed by atoms with Crippen LogP contribution in [0.2, 0.25) is 0 Å². The van der Waals surface area contributed by atoms with Crippen LogP contribution in [0.3, 0.4) is 0 Å². The van der Waals surface area contributed by atoms with Gasteiger partial charge in [-0.05, 0) is 38.0 Å². The number of hydrogen-bond acceptors (Lipinski definition) is 6. The summed E-state index contributed by atoms with van der Waals surface area (Å²) in [5, 5.41) is 0. The number of anilines is 2. The summed E-state index contributed by atoms with van der Waals surface area (Å²) >= 11 is 0. The van der Waals surface area contributed by atoms with Crippen LogP contribution in [0.15, 0.2) is 53.3 Å². The van der Waals surface area contributed by atoms with Crippen molar-refractivity contribution < 1.29 is 4.74 Å². The van der Waals surface area contributed by atoms with E-state index in [0.717, 1.165) is 67.8 Å².